The molecule has 24 heavy (non-hydrogen) atoms. The van der Waals surface area contributed by atoms with Gasteiger partial charge in [-0.05, 0) is 59.2 Å². The van der Waals surface area contributed by atoms with Crippen LogP contribution in [0.2, 0.25) is 0 Å². The standard InChI is InChI=1S/C18H19IN2O3/c1-23-16-8-14(15(19)9-17(16)24-2)18(22)21(13-5-6-13)11-12-4-3-7-20-10-12/h3-4,7-10,13H,5-6,11H2,1-2H3. The fourth-order valence-corrected chi connectivity index (χ4v) is 3.28. The number of hydrogen-bond donors (Lipinski definition) is 0. The van der Waals surface area contributed by atoms with Gasteiger partial charge in [0, 0.05) is 28.6 Å². The van der Waals surface area contributed by atoms with Crippen molar-refractivity contribution in [3.63, 3.8) is 0 Å². The molecule has 0 saturated heterocycles. The highest BCUT2D eigenvalue weighted by Crippen LogP contribution is 2.35. The molecule has 0 aliphatic heterocycles. The Morgan fingerprint density at radius 3 is 2.58 bits per heavy atom. The number of hydrogen-bond acceptors (Lipinski definition) is 4. The number of pyridine rings is 1. The molecule has 0 spiro atoms. The van der Waals surface area contributed by atoms with Crippen LogP contribution in [0.1, 0.15) is 28.8 Å². The first-order chi connectivity index (χ1) is 11.6. The van der Waals surface area contributed by atoms with Crippen LogP contribution in [0, 0.1) is 3.57 Å². The van der Waals surface area contributed by atoms with E-state index in [1.807, 2.05) is 29.3 Å². The number of halogens is 1. The molecule has 0 N–H and O–H groups in total. The molecular weight excluding hydrogens is 419 g/mol. The van der Waals surface area contributed by atoms with E-state index in [1.165, 1.54) is 0 Å². The SMILES string of the molecule is COc1cc(I)c(C(=O)N(Cc2cccnc2)C2CC2)cc1OC. The van der Waals surface area contributed by atoms with Crippen LogP contribution in [0.25, 0.3) is 0 Å². The summed E-state index contributed by atoms with van der Waals surface area (Å²) >= 11 is 2.17. The molecule has 0 atom stereocenters. The number of rotatable bonds is 6. The topological polar surface area (TPSA) is 51.7 Å². The number of ether oxygens (including phenoxy) is 2. The summed E-state index contributed by atoms with van der Waals surface area (Å²) in [4.78, 5) is 19.2. The number of methoxy groups -OCH3 is 2. The van der Waals surface area contributed by atoms with E-state index < -0.39 is 0 Å². The summed E-state index contributed by atoms with van der Waals surface area (Å²) in [5.74, 6) is 1.22. The fourth-order valence-electron chi connectivity index (χ4n) is 2.61. The Morgan fingerprint density at radius 2 is 2.00 bits per heavy atom. The molecule has 1 aliphatic carbocycles. The summed E-state index contributed by atoms with van der Waals surface area (Å²) in [6.45, 7) is 0.571. The first-order valence-corrected chi connectivity index (χ1v) is 8.83. The molecule has 1 heterocycles. The van der Waals surface area contributed by atoms with Crippen molar-refractivity contribution >= 4 is 28.5 Å². The van der Waals surface area contributed by atoms with Crippen LogP contribution in [0.15, 0.2) is 36.7 Å². The van der Waals surface area contributed by atoms with Crippen LogP contribution in [-0.2, 0) is 6.54 Å². The molecule has 1 aromatic carbocycles. The molecule has 3 rings (SSSR count). The molecule has 0 unspecified atom stereocenters. The Balaban J connectivity index is 1.90. The summed E-state index contributed by atoms with van der Waals surface area (Å²) in [7, 11) is 3.17. The molecule has 1 saturated carbocycles. The molecule has 5 nitrogen and oxygen atoms in total. The van der Waals surface area contributed by atoms with Gasteiger partial charge in [-0.1, -0.05) is 6.07 Å². The van der Waals surface area contributed by atoms with E-state index in [9.17, 15) is 4.79 Å². The summed E-state index contributed by atoms with van der Waals surface area (Å²) in [6.07, 6.45) is 5.65. The minimum Gasteiger partial charge on any atom is -0.493 e. The summed E-state index contributed by atoms with van der Waals surface area (Å²) in [6, 6.07) is 7.80. The second kappa shape index (κ2) is 7.38. The minimum absolute atomic E-state index is 0.0201. The van der Waals surface area contributed by atoms with Gasteiger partial charge in [0.1, 0.15) is 0 Å². The molecule has 126 valence electrons. The van der Waals surface area contributed by atoms with E-state index >= 15 is 0 Å². The highest BCUT2D eigenvalue weighted by Gasteiger charge is 2.34. The Labute approximate surface area is 155 Å². The van der Waals surface area contributed by atoms with Gasteiger partial charge >= 0.3 is 0 Å². The number of aromatic nitrogens is 1. The number of carbonyl (C=O) groups is 1. The molecule has 2 aromatic rings. The zero-order valence-electron chi connectivity index (χ0n) is 13.7. The molecular formula is C18H19IN2O3. The zero-order valence-corrected chi connectivity index (χ0v) is 15.8. The number of carbonyl (C=O) groups excluding carboxylic acids is 1. The lowest BCUT2D eigenvalue weighted by Crippen LogP contribution is -2.33. The summed E-state index contributed by atoms with van der Waals surface area (Å²) in [5, 5.41) is 0. The molecule has 0 radical (unpaired) electrons. The lowest BCUT2D eigenvalue weighted by Gasteiger charge is -2.23. The number of benzene rings is 1. The summed E-state index contributed by atoms with van der Waals surface area (Å²) < 4.78 is 11.5. The second-order valence-electron chi connectivity index (χ2n) is 5.71. The van der Waals surface area contributed by atoms with Crippen molar-refractivity contribution in [2.24, 2.45) is 0 Å². The van der Waals surface area contributed by atoms with Gasteiger partial charge in [-0.15, -0.1) is 0 Å². The monoisotopic (exact) mass is 438 g/mol. The van der Waals surface area contributed by atoms with Gasteiger partial charge in [0.25, 0.3) is 5.91 Å². The quantitative estimate of drug-likeness (QED) is 0.648. The van der Waals surface area contributed by atoms with Crippen LogP contribution in [0.4, 0.5) is 0 Å². The Kier molecular flexibility index (Phi) is 5.23. The van der Waals surface area contributed by atoms with Crippen LogP contribution in [0.3, 0.4) is 0 Å². The Morgan fingerprint density at radius 1 is 1.29 bits per heavy atom. The fraction of sp³-hybridized carbons (Fsp3) is 0.333. The van der Waals surface area contributed by atoms with Crippen LogP contribution in [-0.4, -0.2) is 36.1 Å². The lowest BCUT2D eigenvalue weighted by molar-refractivity contribution is 0.0728. The third-order valence-electron chi connectivity index (χ3n) is 4.03. The van der Waals surface area contributed by atoms with Gasteiger partial charge in [0.2, 0.25) is 0 Å². The van der Waals surface area contributed by atoms with Gasteiger partial charge in [-0.25, -0.2) is 0 Å². The Hall–Kier alpha value is -1.83. The predicted octanol–water partition coefficient (Wildman–Crippen LogP) is 3.51. The largest absolute Gasteiger partial charge is 0.493 e. The highest BCUT2D eigenvalue weighted by atomic mass is 127. The maximum absolute atomic E-state index is 13.1. The molecule has 1 amide bonds. The average Bonchev–Trinajstić information content (AvgIpc) is 3.44. The van der Waals surface area contributed by atoms with Crippen molar-refractivity contribution < 1.29 is 14.3 Å². The highest BCUT2D eigenvalue weighted by molar-refractivity contribution is 14.1. The smallest absolute Gasteiger partial charge is 0.255 e. The van der Waals surface area contributed by atoms with E-state index in [4.69, 9.17) is 9.47 Å². The van der Waals surface area contributed by atoms with Crippen molar-refractivity contribution in [3.8, 4) is 11.5 Å². The molecule has 0 bridgehead atoms. The van der Waals surface area contributed by atoms with Crippen molar-refractivity contribution in [3.05, 3.63) is 51.4 Å². The maximum atomic E-state index is 13.1. The van der Waals surface area contributed by atoms with Crippen LogP contribution in [0.5, 0.6) is 11.5 Å². The molecule has 1 aromatic heterocycles. The van der Waals surface area contributed by atoms with E-state index in [1.54, 1.807) is 26.5 Å². The molecule has 1 aliphatic rings. The van der Waals surface area contributed by atoms with Crippen molar-refractivity contribution in [2.45, 2.75) is 25.4 Å². The lowest BCUT2D eigenvalue weighted by atomic mass is 10.1. The van der Waals surface area contributed by atoms with Crippen LogP contribution >= 0.6 is 22.6 Å². The third kappa shape index (κ3) is 3.63. The summed E-state index contributed by atoms with van der Waals surface area (Å²) in [5.41, 5.74) is 1.68. The average molecular weight is 438 g/mol. The van der Waals surface area contributed by atoms with Gasteiger partial charge in [-0.3, -0.25) is 9.78 Å². The van der Waals surface area contributed by atoms with E-state index in [2.05, 4.69) is 27.6 Å². The van der Waals surface area contributed by atoms with Crippen molar-refractivity contribution in [2.75, 3.05) is 14.2 Å². The molecule has 6 heteroatoms. The van der Waals surface area contributed by atoms with E-state index in [0.29, 0.717) is 29.6 Å². The van der Waals surface area contributed by atoms with Gasteiger partial charge in [0.15, 0.2) is 11.5 Å². The minimum atomic E-state index is 0.0201. The van der Waals surface area contributed by atoms with Gasteiger partial charge in [0.05, 0.1) is 19.8 Å². The van der Waals surface area contributed by atoms with Crippen LogP contribution < -0.4 is 9.47 Å². The maximum Gasteiger partial charge on any atom is 0.255 e. The van der Waals surface area contributed by atoms with Gasteiger partial charge in [-0.2, -0.15) is 0 Å². The Bertz CT molecular complexity index is 733. The van der Waals surface area contributed by atoms with E-state index in [-0.39, 0.29) is 5.91 Å². The number of nitrogens with zero attached hydrogens (tertiary/aromatic N) is 2. The van der Waals surface area contributed by atoms with Crippen molar-refractivity contribution in [1.29, 1.82) is 0 Å². The normalized spacial score (nSPS) is 13.5. The van der Waals surface area contributed by atoms with E-state index in [0.717, 1.165) is 22.0 Å². The first kappa shape index (κ1) is 17.0. The zero-order chi connectivity index (χ0) is 17.1. The van der Waals surface area contributed by atoms with Gasteiger partial charge < -0.3 is 14.4 Å². The number of amides is 1. The second-order valence-corrected chi connectivity index (χ2v) is 6.87. The van der Waals surface area contributed by atoms with Crippen molar-refractivity contribution in [1.82, 2.24) is 9.88 Å². The molecule has 1 fully saturated rings. The predicted molar refractivity (Wildman–Crippen MR) is 99.4 cm³/mol. The first-order valence-electron chi connectivity index (χ1n) is 7.75. The third-order valence-corrected chi connectivity index (χ3v) is 4.92.